The molecule has 0 spiro atoms. The van der Waals surface area contributed by atoms with Crippen molar-refractivity contribution in [2.75, 3.05) is 25.2 Å². The molecule has 0 saturated carbocycles. The van der Waals surface area contributed by atoms with Gasteiger partial charge < -0.3 is 14.4 Å². The van der Waals surface area contributed by atoms with Gasteiger partial charge in [-0.05, 0) is 12.5 Å². The third kappa shape index (κ3) is 2.97. The van der Waals surface area contributed by atoms with Crippen molar-refractivity contribution in [3.8, 4) is 5.88 Å². The molecular formula is C16H19N3O2. The van der Waals surface area contributed by atoms with Gasteiger partial charge in [-0.2, -0.15) is 4.98 Å². The second kappa shape index (κ2) is 6.10. The van der Waals surface area contributed by atoms with Crippen LogP contribution in [-0.4, -0.2) is 36.3 Å². The van der Waals surface area contributed by atoms with Crippen molar-refractivity contribution in [3.05, 3.63) is 48.2 Å². The topological polar surface area (TPSA) is 47.5 Å². The molecule has 2 heterocycles. The zero-order valence-corrected chi connectivity index (χ0v) is 12.3. The second-order valence-electron chi connectivity index (χ2n) is 5.12. The first kappa shape index (κ1) is 13.8. The maximum absolute atomic E-state index is 5.82. The van der Waals surface area contributed by atoms with Crippen molar-refractivity contribution < 1.29 is 9.47 Å². The van der Waals surface area contributed by atoms with Gasteiger partial charge in [-0.15, -0.1) is 0 Å². The zero-order valence-electron chi connectivity index (χ0n) is 12.3. The fraction of sp³-hybridized carbons (Fsp3) is 0.375. The van der Waals surface area contributed by atoms with Crippen LogP contribution in [0.2, 0.25) is 0 Å². The number of anilines is 1. The van der Waals surface area contributed by atoms with E-state index in [4.69, 9.17) is 9.47 Å². The molecule has 1 aliphatic heterocycles. The SMILES string of the molecule is COc1ccnc(N2C[C@@H](C)OC[C@@H]2c2ccccc2)n1. The Morgan fingerprint density at radius 1 is 1.24 bits per heavy atom. The summed E-state index contributed by atoms with van der Waals surface area (Å²) in [7, 11) is 1.61. The maximum Gasteiger partial charge on any atom is 0.229 e. The summed E-state index contributed by atoms with van der Waals surface area (Å²) in [6, 6.07) is 12.2. The van der Waals surface area contributed by atoms with Crippen LogP contribution in [0.4, 0.5) is 5.95 Å². The number of hydrogen-bond donors (Lipinski definition) is 0. The van der Waals surface area contributed by atoms with E-state index in [0.717, 1.165) is 6.54 Å². The highest BCUT2D eigenvalue weighted by molar-refractivity contribution is 5.39. The highest BCUT2D eigenvalue weighted by Gasteiger charge is 2.30. The van der Waals surface area contributed by atoms with Gasteiger partial charge >= 0.3 is 0 Å². The summed E-state index contributed by atoms with van der Waals surface area (Å²) in [5.74, 6) is 1.25. The van der Waals surface area contributed by atoms with Crippen LogP contribution in [-0.2, 0) is 4.74 Å². The van der Waals surface area contributed by atoms with E-state index in [1.165, 1.54) is 5.56 Å². The molecule has 0 N–H and O–H groups in total. The maximum atomic E-state index is 5.82. The molecule has 0 radical (unpaired) electrons. The summed E-state index contributed by atoms with van der Waals surface area (Å²) >= 11 is 0. The van der Waals surface area contributed by atoms with Crippen molar-refractivity contribution in [2.24, 2.45) is 0 Å². The Balaban J connectivity index is 1.94. The van der Waals surface area contributed by atoms with Gasteiger partial charge in [0.05, 0.1) is 25.9 Å². The molecule has 1 aromatic heterocycles. The molecule has 1 aromatic carbocycles. The largest absolute Gasteiger partial charge is 0.481 e. The third-order valence-corrected chi connectivity index (χ3v) is 3.64. The first-order chi connectivity index (χ1) is 10.3. The summed E-state index contributed by atoms with van der Waals surface area (Å²) in [6.07, 6.45) is 1.88. The van der Waals surface area contributed by atoms with Crippen LogP contribution < -0.4 is 9.64 Å². The molecule has 0 amide bonds. The lowest BCUT2D eigenvalue weighted by Crippen LogP contribution is -2.44. The quantitative estimate of drug-likeness (QED) is 0.867. The normalized spacial score (nSPS) is 22.1. The molecule has 1 saturated heterocycles. The highest BCUT2D eigenvalue weighted by Crippen LogP contribution is 2.29. The minimum Gasteiger partial charge on any atom is -0.481 e. The Kier molecular flexibility index (Phi) is 4.01. The minimum atomic E-state index is 0.120. The number of morpholine rings is 1. The van der Waals surface area contributed by atoms with Crippen LogP contribution in [0.3, 0.4) is 0 Å². The van der Waals surface area contributed by atoms with Crippen molar-refractivity contribution in [2.45, 2.75) is 19.1 Å². The van der Waals surface area contributed by atoms with E-state index in [9.17, 15) is 0 Å². The molecule has 0 bridgehead atoms. The molecule has 110 valence electrons. The third-order valence-electron chi connectivity index (χ3n) is 3.64. The van der Waals surface area contributed by atoms with Gasteiger partial charge in [-0.25, -0.2) is 4.98 Å². The number of hydrogen-bond acceptors (Lipinski definition) is 5. The van der Waals surface area contributed by atoms with Crippen molar-refractivity contribution in [3.63, 3.8) is 0 Å². The number of aromatic nitrogens is 2. The van der Waals surface area contributed by atoms with Crippen LogP contribution in [0.1, 0.15) is 18.5 Å². The standard InChI is InChI=1S/C16H19N3O2/c1-12-10-19(16-17-9-8-15(18-16)20-2)14(11-21-12)13-6-4-3-5-7-13/h3-9,12,14H,10-11H2,1-2H3/t12-,14-/m1/s1. The van der Waals surface area contributed by atoms with Crippen LogP contribution >= 0.6 is 0 Å². The van der Waals surface area contributed by atoms with Gasteiger partial charge in [-0.1, -0.05) is 30.3 Å². The van der Waals surface area contributed by atoms with E-state index in [1.54, 1.807) is 19.4 Å². The summed E-state index contributed by atoms with van der Waals surface area (Å²) in [5.41, 5.74) is 1.20. The Morgan fingerprint density at radius 2 is 2.05 bits per heavy atom. The molecule has 2 atom stereocenters. The number of nitrogens with zero attached hydrogens (tertiary/aromatic N) is 3. The summed E-state index contributed by atoms with van der Waals surface area (Å²) < 4.78 is 11.0. The monoisotopic (exact) mass is 285 g/mol. The summed E-state index contributed by atoms with van der Waals surface area (Å²) in [6.45, 7) is 3.45. The molecule has 1 fully saturated rings. The average molecular weight is 285 g/mol. The molecule has 5 nitrogen and oxygen atoms in total. The minimum absolute atomic E-state index is 0.120. The first-order valence-corrected chi connectivity index (χ1v) is 7.08. The van der Waals surface area contributed by atoms with Crippen LogP contribution in [0, 0.1) is 0 Å². The Bertz CT molecular complexity index is 591. The number of ether oxygens (including phenoxy) is 2. The van der Waals surface area contributed by atoms with Gasteiger partial charge in [0.25, 0.3) is 0 Å². The molecule has 21 heavy (non-hydrogen) atoms. The Hall–Kier alpha value is -2.14. The number of rotatable bonds is 3. The second-order valence-corrected chi connectivity index (χ2v) is 5.12. The van der Waals surface area contributed by atoms with E-state index in [-0.39, 0.29) is 12.1 Å². The van der Waals surface area contributed by atoms with E-state index in [2.05, 4.69) is 33.9 Å². The fourth-order valence-corrected chi connectivity index (χ4v) is 2.56. The summed E-state index contributed by atoms with van der Waals surface area (Å²) in [5, 5.41) is 0. The van der Waals surface area contributed by atoms with E-state index in [1.807, 2.05) is 18.2 Å². The van der Waals surface area contributed by atoms with Gasteiger partial charge in [-0.3, -0.25) is 0 Å². The number of benzene rings is 1. The zero-order chi connectivity index (χ0) is 14.7. The molecule has 3 rings (SSSR count). The fourth-order valence-electron chi connectivity index (χ4n) is 2.56. The van der Waals surface area contributed by atoms with Gasteiger partial charge in [0.1, 0.15) is 0 Å². The van der Waals surface area contributed by atoms with Gasteiger partial charge in [0.15, 0.2) is 0 Å². The lowest BCUT2D eigenvalue weighted by Gasteiger charge is -2.38. The highest BCUT2D eigenvalue weighted by atomic mass is 16.5. The molecule has 2 aromatic rings. The predicted molar refractivity (Wildman–Crippen MR) is 80.5 cm³/mol. The van der Waals surface area contributed by atoms with E-state index < -0.39 is 0 Å². The van der Waals surface area contributed by atoms with Crippen LogP contribution in [0.25, 0.3) is 0 Å². The van der Waals surface area contributed by atoms with Crippen LogP contribution in [0.15, 0.2) is 42.6 Å². The van der Waals surface area contributed by atoms with Crippen molar-refractivity contribution in [1.82, 2.24) is 9.97 Å². The van der Waals surface area contributed by atoms with Gasteiger partial charge in [0.2, 0.25) is 11.8 Å². The van der Waals surface area contributed by atoms with E-state index in [0.29, 0.717) is 18.4 Å². The Labute approximate surface area is 124 Å². The molecule has 1 aliphatic rings. The van der Waals surface area contributed by atoms with Gasteiger partial charge in [0, 0.05) is 18.8 Å². The number of methoxy groups -OCH3 is 1. The lowest BCUT2D eigenvalue weighted by molar-refractivity contribution is 0.0295. The predicted octanol–water partition coefficient (Wildman–Crippen LogP) is 2.45. The molecule has 0 aliphatic carbocycles. The first-order valence-electron chi connectivity index (χ1n) is 7.08. The lowest BCUT2D eigenvalue weighted by atomic mass is 10.0. The van der Waals surface area contributed by atoms with Crippen LogP contribution in [0.5, 0.6) is 5.88 Å². The smallest absolute Gasteiger partial charge is 0.229 e. The van der Waals surface area contributed by atoms with Crippen molar-refractivity contribution in [1.29, 1.82) is 0 Å². The Morgan fingerprint density at radius 3 is 2.81 bits per heavy atom. The molecule has 5 heteroatoms. The van der Waals surface area contributed by atoms with Crippen molar-refractivity contribution >= 4 is 5.95 Å². The summed E-state index contributed by atoms with van der Waals surface area (Å²) in [4.78, 5) is 11.0. The van der Waals surface area contributed by atoms with E-state index >= 15 is 0 Å². The average Bonchev–Trinajstić information content (AvgIpc) is 2.55. The molecule has 0 unspecified atom stereocenters. The molecular weight excluding hydrogens is 266 g/mol.